The van der Waals surface area contributed by atoms with Crippen LogP contribution in [-0.2, 0) is 0 Å². The first-order valence-corrected chi connectivity index (χ1v) is 8.81. The second-order valence-electron chi connectivity index (χ2n) is 6.35. The minimum absolute atomic E-state index is 0.976. The lowest BCUT2D eigenvalue weighted by atomic mass is 9.99. The van der Waals surface area contributed by atoms with E-state index in [0.717, 1.165) is 5.92 Å². The van der Waals surface area contributed by atoms with Gasteiger partial charge in [0.15, 0.2) is 0 Å². The van der Waals surface area contributed by atoms with Gasteiger partial charge in [0.25, 0.3) is 0 Å². The highest BCUT2D eigenvalue weighted by Gasteiger charge is 2.14. The SMILES string of the molecule is C#N.CCCCCCCCCCCN1CCC(C)CC1. The molecule has 0 N–H and O–H groups in total. The quantitative estimate of drug-likeness (QED) is 0.502. The molecule has 0 radical (unpaired) electrons. The van der Waals surface area contributed by atoms with E-state index < -0.39 is 0 Å². The summed E-state index contributed by atoms with van der Waals surface area (Å²) in [6.07, 6.45) is 15.9. The maximum atomic E-state index is 6.50. The summed E-state index contributed by atoms with van der Waals surface area (Å²) in [5.41, 5.74) is 0. The van der Waals surface area contributed by atoms with Gasteiger partial charge in [-0.3, -0.25) is 0 Å². The predicted octanol–water partition coefficient (Wildman–Crippen LogP) is 5.39. The zero-order valence-electron chi connectivity index (χ0n) is 13.9. The summed E-state index contributed by atoms with van der Waals surface area (Å²) in [6, 6.07) is 0. The van der Waals surface area contributed by atoms with Gasteiger partial charge in [-0.2, -0.15) is 0 Å². The Hall–Kier alpha value is -0.550. The molecule has 2 heteroatoms. The monoisotopic (exact) mass is 280 g/mol. The van der Waals surface area contributed by atoms with Crippen LogP contribution in [-0.4, -0.2) is 24.5 Å². The molecular weight excluding hydrogens is 244 g/mol. The van der Waals surface area contributed by atoms with E-state index in [-0.39, 0.29) is 0 Å². The molecule has 0 atom stereocenters. The minimum atomic E-state index is 0.976. The molecule has 0 aliphatic carbocycles. The van der Waals surface area contributed by atoms with E-state index in [4.69, 9.17) is 5.26 Å². The van der Waals surface area contributed by atoms with Crippen molar-refractivity contribution in [1.82, 2.24) is 4.90 Å². The van der Waals surface area contributed by atoms with Crippen molar-refractivity contribution in [2.45, 2.75) is 84.5 Å². The highest BCUT2D eigenvalue weighted by atomic mass is 15.1. The van der Waals surface area contributed by atoms with Crippen molar-refractivity contribution < 1.29 is 0 Å². The molecule has 0 aromatic heterocycles. The molecule has 0 aromatic rings. The average molecular weight is 280 g/mol. The maximum Gasteiger partial charge on any atom is 0.0462 e. The Balaban J connectivity index is 0.00000172. The lowest BCUT2D eigenvalue weighted by molar-refractivity contribution is 0.189. The number of nitrogens with zero attached hydrogens (tertiary/aromatic N) is 2. The van der Waals surface area contributed by atoms with Crippen LogP contribution in [0.4, 0.5) is 0 Å². The van der Waals surface area contributed by atoms with Crippen LogP contribution >= 0.6 is 0 Å². The van der Waals surface area contributed by atoms with E-state index in [1.807, 2.05) is 0 Å². The Kier molecular flexibility index (Phi) is 14.4. The van der Waals surface area contributed by atoms with Gasteiger partial charge >= 0.3 is 0 Å². The van der Waals surface area contributed by atoms with Crippen LogP contribution in [0.3, 0.4) is 0 Å². The van der Waals surface area contributed by atoms with Crippen LogP contribution < -0.4 is 0 Å². The van der Waals surface area contributed by atoms with Crippen LogP contribution in [0.2, 0.25) is 0 Å². The molecular formula is C18H36N2. The molecule has 118 valence electrons. The van der Waals surface area contributed by atoms with E-state index in [2.05, 4.69) is 25.3 Å². The highest BCUT2D eigenvalue weighted by molar-refractivity contribution is 4.69. The fraction of sp³-hybridized carbons (Fsp3) is 0.944. The Morgan fingerprint density at radius 1 is 0.850 bits per heavy atom. The largest absolute Gasteiger partial charge is 0.303 e. The molecule has 0 aromatic carbocycles. The summed E-state index contributed by atoms with van der Waals surface area (Å²) in [4.78, 5) is 2.68. The number of piperidine rings is 1. The number of hydrogen-bond acceptors (Lipinski definition) is 2. The fourth-order valence-corrected chi connectivity index (χ4v) is 2.93. The molecule has 0 unspecified atom stereocenters. The van der Waals surface area contributed by atoms with E-state index in [1.165, 1.54) is 90.3 Å². The van der Waals surface area contributed by atoms with Crippen molar-refractivity contribution in [1.29, 1.82) is 5.26 Å². The predicted molar refractivity (Wildman–Crippen MR) is 88.7 cm³/mol. The van der Waals surface area contributed by atoms with Crippen molar-refractivity contribution in [3.05, 3.63) is 0 Å². The van der Waals surface area contributed by atoms with Gasteiger partial charge in [0.1, 0.15) is 0 Å². The average Bonchev–Trinajstić information content (AvgIpc) is 2.49. The zero-order valence-corrected chi connectivity index (χ0v) is 13.9. The van der Waals surface area contributed by atoms with Gasteiger partial charge in [-0.05, 0) is 44.8 Å². The minimum Gasteiger partial charge on any atom is -0.303 e. The first kappa shape index (κ1) is 19.4. The number of hydrogen-bond donors (Lipinski definition) is 0. The molecule has 1 fully saturated rings. The molecule has 1 heterocycles. The Labute approximate surface area is 127 Å². The lowest BCUT2D eigenvalue weighted by Crippen LogP contribution is -2.33. The lowest BCUT2D eigenvalue weighted by Gasteiger charge is -2.30. The molecule has 0 bridgehead atoms. The molecule has 0 saturated carbocycles. The van der Waals surface area contributed by atoms with Crippen molar-refractivity contribution in [3.8, 4) is 6.57 Å². The number of nitriles is 1. The van der Waals surface area contributed by atoms with Gasteiger partial charge in [0, 0.05) is 6.57 Å². The van der Waals surface area contributed by atoms with Crippen LogP contribution in [0.15, 0.2) is 0 Å². The Morgan fingerprint density at radius 3 is 1.80 bits per heavy atom. The third kappa shape index (κ3) is 11.3. The van der Waals surface area contributed by atoms with Crippen molar-refractivity contribution in [2.75, 3.05) is 19.6 Å². The molecule has 0 spiro atoms. The third-order valence-corrected chi connectivity index (χ3v) is 4.45. The van der Waals surface area contributed by atoms with Gasteiger partial charge in [0.2, 0.25) is 0 Å². The van der Waals surface area contributed by atoms with E-state index in [9.17, 15) is 0 Å². The first-order chi connectivity index (χ1) is 9.83. The summed E-state index contributed by atoms with van der Waals surface area (Å²) in [5, 5.41) is 6.50. The van der Waals surface area contributed by atoms with Gasteiger partial charge in [-0.15, -0.1) is 0 Å². The second kappa shape index (κ2) is 14.9. The number of likely N-dealkylation sites (tertiary alicyclic amines) is 1. The smallest absolute Gasteiger partial charge is 0.0462 e. The van der Waals surface area contributed by atoms with E-state index in [0.29, 0.717) is 0 Å². The third-order valence-electron chi connectivity index (χ3n) is 4.45. The van der Waals surface area contributed by atoms with Crippen molar-refractivity contribution in [3.63, 3.8) is 0 Å². The summed E-state index contributed by atoms with van der Waals surface area (Å²) in [6.45, 7) is 12.3. The summed E-state index contributed by atoms with van der Waals surface area (Å²) in [7, 11) is 0. The summed E-state index contributed by atoms with van der Waals surface area (Å²) < 4.78 is 0. The standard InChI is InChI=1S/C17H35N.CHN/c1-3-4-5-6-7-8-9-10-11-14-18-15-12-17(2)13-16-18;1-2/h17H,3-16H2,1-2H3;1H. The molecule has 2 nitrogen and oxygen atoms in total. The molecule has 0 amide bonds. The molecule has 1 aliphatic rings. The molecule has 1 aliphatic heterocycles. The van der Waals surface area contributed by atoms with Crippen molar-refractivity contribution in [2.24, 2.45) is 5.92 Å². The van der Waals surface area contributed by atoms with Crippen LogP contribution in [0.5, 0.6) is 0 Å². The number of unbranched alkanes of at least 4 members (excludes halogenated alkanes) is 8. The van der Waals surface area contributed by atoms with Crippen LogP contribution in [0.1, 0.15) is 84.5 Å². The highest BCUT2D eigenvalue weighted by Crippen LogP contribution is 2.16. The first-order valence-electron chi connectivity index (χ1n) is 8.81. The van der Waals surface area contributed by atoms with Gasteiger partial charge in [-0.25, -0.2) is 5.26 Å². The Bertz CT molecular complexity index is 205. The Morgan fingerprint density at radius 2 is 1.30 bits per heavy atom. The molecule has 20 heavy (non-hydrogen) atoms. The molecule has 1 rings (SSSR count). The normalized spacial score (nSPS) is 16.6. The van der Waals surface area contributed by atoms with Gasteiger partial charge in [-0.1, -0.05) is 65.2 Å². The van der Waals surface area contributed by atoms with E-state index >= 15 is 0 Å². The van der Waals surface area contributed by atoms with Crippen LogP contribution in [0, 0.1) is 17.8 Å². The second-order valence-corrected chi connectivity index (χ2v) is 6.35. The number of rotatable bonds is 10. The zero-order chi connectivity index (χ0) is 15.1. The van der Waals surface area contributed by atoms with Crippen LogP contribution in [0.25, 0.3) is 0 Å². The molecule has 1 saturated heterocycles. The maximum absolute atomic E-state index is 6.50. The van der Waals surface area contributed by atoms with Gasteiger partial charge < -0.3 is 4.90 Å². The topological polar surface area (TPSA) is 27.0 Å². The summed E-state index contributed by atoms with van der Waals surface area (Å²) in [5.74, 6) is 0.976. The summed E-state index contributed by atoms with van der Waals surface area (Å²) >= 11 is 0. The fourth-order valence-electron chi connectivity index (χ4n) is 2.93. The van der Waals surface area contributed by atoms with E-state index in [1.54, 1.807) is 0 Å². The van der Waals surface area contributed by atoms with Crippen molar-refractivity contribution >= 4 is 0 Å². The van der Waals surface area contributed by atoms with Gasteiger partial charge in [0.05, 0.1) is 0 Å².